The molecule has 7 nitrogen and oxygen atoms in total. The minimum atomic E-state index is -0.293. The molecule has 1 fully saturated rings. The standard InChI is InChI=1S/C26H24N4O3S/c1-16-13-19(18-7-3-4-8-22(18)33-2)20(15-27-16)25(32)29-26-28-21-11-10-17(14-23(21)34-26)30-12-6-5-9-24(30)31/h3-4,7-8,10-11,13-15H,5-6,9,12H2,1-2H3,(H,28,29,32). The molecule has 172 valence electrons. The topological polar surface area (TPSA) is 84.4 Å². The van der Waals surface area contributed by atoms with E-state index in [1.807, 2.05) is 60.4 Å². The average Bonchev–Trinajstić information content (AvgIpc) is 3.25. The second kappa shape index (κ2) is 9.23. The third kappa shape index (κ3) is 4.24. The monoisotopic (exact) mass is 472 g/mol. The Kier molecular flexibility index (Phi) is 5.98. The Morgan fingerprint density at radius 2 is 1.97 bits per heavy atom. The first-order valence-electron chi connectivity index (χ1n) is 11.2. The molecule has 5 rings (SSSR count). The van der Waals surface area contributed by atoms with Crippen LogP contribution in [0.25, 0.3) is 21.3 Å². The molecule has 0 bridgehead atoms. The normalized spacial score (nSPS) is 13.8. The van der Waals surface area contributed by atoms with Gasteiger partial charge >= 0.3 is 0 Å². The van der Waals surface area contributed by atoms with Crippen molar-refractivity contribution in [1.29, 1.82) is 0 Å². The molecule has 8 heteroatoms. The van der Waals surface area contributed by atoms with Crippen LogP contribution in [0.15, 0.2) is 54.7 Å². The molecule has 0 aliphatic carbocycles. The van der Waals surface area contributed by atoms with E-state index in [4.69, 9.17) is 4.74 Å². The number of anilines is 2. The molecule has 0 saturated carbocycles. The van der Waals surface area contributed by atoms with Crippen molar-refractivity contribution in [2.75, 3.05) is 23.9 Å². The molecule has 0 radical (unpaired) electrons. The molecule has 0 spiro atoms. The first kappa shape index (κ1) is 22.0. The van der Waals surface area contributed by atoms with Crippen LogP contribution in [-0.4, -0.2) is 35.4 Å². The van der Waals surface area contributed by atoms with Gasteiger partial charge in [-0.25, -0.2) is 4.98 Å². The summed E-state index contributed by atoms with van der Waals surface area (Å²) in [5.41, 5.74) is 4.46. The van der Waals surface area contributed by atoms with E-state index in [9.17, 15) is 9.59 Å². The number of ether oxygens (including phenoxy) is 1. The number of rotatable bonds is 5. The zero-order valence-corrected chi connectivity index (χ0v) is 19.8. The number of para-hydroxylation sites is 1. The number of amides is 2. The number of nitrogens with one attached hydrogen (secondary N) is 1. The lowest BCUT2D eigenvalue weighted by molar-refractivity contribution is -0.119. The molecule has 1 aliphatic rings. The fourth-order valence-electron chi connectivity index (χ4n) is 4.21. The van der Waals surface area contributed by atoms with Crippen molar-refractivity contribution in [2.45, 2.75) is 26.2 Å². The van der Waals surface area contributed by atoms with Gasteiger partial charge in [0.05, 0.1) is 22.9 Å². The first-order valence-corrected chi connectivity index (χ1v) is 12.0. The number of hydrogen-bond donors (Lipinski definition) is 1. The van der Waals surface area contributed by atoms with Crippen LogP contribution in [0.2, 0.25) is 0 Å². The van der Waals surface area contributed by atoms with E-state index in [2.05, 4.69) is 15.3 Å². The number of piperidine rings is 1. The second-order valence-corrected chi connectivity index (χ2v) is 9.23. The van der Waals surface area contributed by atoms with Gasteiger partial charge in [0.15, 0.2) is 5.13 Å². The number of benzene rings is 2. The number of methoxy groups -OCH3 is 1. The second-order valence-electron chi connectivity index (χ2n) is 8.20. The lowest BCUT2D eigenvalue weighted by Crippen LogP contribution is -2.35. The number of thiazole rings is 1. The van der Waals surface area contributed by atoms with Gasteiger partial charge in [0, 0.05) is 41.7 Å². The molecule has 34 heavy (non-hydrogen) atoms. The Balaban J connectivity index is 1.45. The van der Waals surface area contributed by atoms with E-state index in [0.717, 1.165) is 52.1 Å². The van der Waals surface area contributed by atoms with Gasteiger partial charge in [-0.05, 0) is 50.1 Å². The molecule has 4 aromatic rings. The van der Waals surface area contributed by atoms with E-state index in [-0.39, 0.29) is 11.8 Å². The highest BCUT2D eigenvalue weighted by atomic mass is 32.1. The minimum absolute atomic E-state index is 0.152. The molecule has 2 aromatic heterocycles. The van der Waals surface area contributed by atoms with Crippen LogP contribution in [-0.2, 0) is 4.79 Å². The fraction of sp³-hybridized carbons (Fsp3) is 0.231. The highest BCUT2D eigenvalue weighted by Crippen LogP contribution is 2.34. The van der Waals surface area contributed by atoms with E-state index in [1.165, 1.54) is 11.3 Å². The number of carbonyl (C=O) groups is 2. The largest absolute Gasteiger partial charge is 0.496 e. The Labute approximate surface area is 201 Å². The molecular weight excluding hydrogens is 448 g/mol. The molecule has 1 saturated heterocycles. The molecule has 1 aliphatic heterocycles. The first-order chi connectivity index (χ1) is 16.5. The van der Waals surface area contributed by atoms with Gasteiger partial charge in [0.1, 0.15) is 5.75 Å². The summed E-state index contributed by atoms with van der Waals surface area (Å²) < 4.78 is 6.43. The zero-order valence-electron chi connectivity index (χ0n) is 19.0. The number of fused-ring (bicyclic) bond motifs is 1. The molecule has 0 atom stereocenters. The number of hydrogen-bond acceptors (Lipinski definition) is 6. The van der Waals surface area contributed by atoms with Crippen LogP contribution >= 0.6 is 11.3 Å². The van der Waals surface area contributed by atoms with Gasteiger partial charge in [-0.15, -0.1) is 0 Å². The number of nitrogens with zero attached hydrogens (tertiary/aromatic N) is 3. The van der Waals surface area contributed by atoms with Gasteiger partial charge < -0.3 is 9.64 Å². The molecule has 3 heterocycles. The van der Waals surface area contributed by atoms with Crippen LogP contribution < -0.4 is 15.0 Å². The molecule has 2 aromatic carbocycles. The van der Waals surface area contributed by atoms with E-state index >= 15 is 0 Å². The Hall–Kier alpha value is -3.78. The average molecular weight is 473 g/mol. The van der Waals surface area contributed by atoms with Crippen LogP contribution in [0.5, 0.6) is 5.75 Å². The Morgan fingerprint density at radius 3 is 2.79 bits per heavy atom. The summed E-state index contributed by atoms with van der Waals surface area (Å²) in [7, 11) is 1.61. The maximum Gasteiger partial charge on any atom is 0.259 e. The predicted octanol–water partition coefficient (Wildman–Crippen LogP) is 5.44. The third-order valence-corrected chi connectivity index (χ3v) is 6.84. The van der Waals surface area contributed by atoms with Crippen LogP contribution in [0, 0.1) is 6.92 Å². The quantitative estimate of drug-likeness (QED) is 0.418. The number of carbonyl (C=O) groups excluding carboxylic acids is 2. The summed E-state index contributed by atoms with van der Waals surface area (Å²) in [6, 6.07) is 15.3. The SMILES string of the molecule is COc1ccccc1-c1cc(C)ncc1C(=O)Nc1nc2ccc(N3CCCCC3=O)cc2s1. The predicted molar refractivity (Wildman–Crippen MR) is 135 cm³/mol. The number of pyridine rings is 1. The van der Waals surface area contributed by atoms with Crippen molar-refractivity contribution in [3.8, 4) is 16.9 Å². The van der Waals surface area contributed by atoms with Crippen molar-refractivity contribution in [3.63, 3.8) is 0 Å². The van der Waals surface area contributed by atoms with Gasteiger partial charge in [-0.3, -0.25) is 19.9 Å². The smallest absolute Gasteiger partial charge is 0.259 e. The summed E-state index contributed by atoms with van der Waals surface area (Å²) in [6.45, 7) is 2.62. The van der Waals surface area contributed by atoms with Crippen molar-refractivity contribution >= 4 is 44.2 Å². The van der Waals surface area contributed by atoms with Gasteiger partial charge in [-0.2, -0.15) is 0 Å². The van der Waals surface area contributed by atoms with Crippen LogP contribution in [0.3, 0.4) is 0 Å². The molecular formula is C26H24N4O3S. The van der Waals surface area contributed by atoms with Gasteiger partial charge in [0.2, 0.25) is 5.91 Å². The Bertz CT molecular complexity index is 1400. The maximum atomic E-state index is 13.3. The lowest BCUT2D eigenvalue weighted by atomic mass is 9.99. The lowest BCUT2D eigenvalue weighted by Gasteiger charge is -2.26. The summed E-state index contributed by atoms with van der Waals surface area (Å²) in [4.78, 5) is 36.3. The molecule has 0 unspecified atom stereocenters. The summed E-state index contributed by atoms with van der Waals surface area (Å²) in [6.07, 6.45) is 4.12. The van der Waals surface area contributed by atoms with E-state index in [1.54, 1.807) is 13.3 Å². The summed E-state index contributed by atoms with van der Waals surface area (Å²) in [5, 5.41) is 3.42. The zero-order chi connectivity index (χ0) is 23.7. The Morgan fingerprint density at radius 1 is 1.12 bits per heavy atom. The van der Waals surface area contributed by atoms with E-state index in [0.29, 0.717) is 22.9 Å². The van der Waals surface area contributed by atoms with Crippen LogP contribution in [0.1, 0.15) is 35.3 Å². The summed E-state index contributed by atoms with van der Waals surface area (Å²) >= 11 is 1.39. The van der Waals surface area contributed by atoms with E-state index < -0.39 is 0 Å². The van der Waals surface area contributed by atoms with Crippen molar-refractivity contribution in [1.82, 2.24) is 9.97 Å². The highest BCUT2D eigenvalue weighted by Gasteiger charge is 2.21. The third-order valence-electron chi connectivity index (χ3n) is 5.91. The van der Waals surface area contributed by atoms with Crippen molar-refractivity contribution in [3.05, 3.63) is 66.0 Å². The summed E-state index contributed by atoms with van der Waals surface area (Å²) in [5.74, 6) is 0.542. The van der Waals surface area contributed by atoms with Crippen molar-refractivity contribution in [2.24, 2.45) is 0 Å². The van der Waals surface area contributed by atoms with Gasteiger partial charge in [-0.1, -0.05) is 29.5 Å². The molecule has 2 amide bonds. The fourth-order valence-corrected chi connectivity index (χ4v) is 5.10. The molecule has 1 N–H and O–H groups in total. The number of aromatic nitrogens is 2. The van der Waals surface area contributed by atoms with Crippen LogP contribution in [0.4, 0.5) is 10.8 Å². The minimum Gasteiger partial charge on any atom is -0.496 e. The van der Waals surface area contributed by atoms with Crippen molar-refractivity contribution < 1.29 is 14.3 Å². The maximum absolute atomic E-state index is 13.3. The number of aryl methyl sites for hydroxylation is 1. The van der Waals surface area contributed by atoms with Gasteiger partial charge in [0.25, 0.3) is 5.91 Å². The highest BCUT2D eigenvalue weighted by molar-refractivity contribution is 7.22.